The fraction of sp³-hybridized carbons (Fsp3) is 0.684. The van der Waals surface area contributed by atoms with Crippen molar-refractivity contribution in [2.75, 3.05) is 32.0 Å². The van der Waals surface area contributed by atoms with Gasteiger partial charge in [-0.05, 0) is 50.9 Å². The zero-order valence-electron chi connectivity index (χ0n) is 15.0. The summed E-state index contributed by atoms with van der Waals surface area (Å²) in [5.41, 5.74) is 0.0355. The lowest BCUT2D eigenvalue weighted by Crippen LogP contribution is -2.55. The molecule has 1 saturated carbocycles. The Morgan fingerprint density at radius 1 is 1.00 bits per heavy atom. The average molecular weight is 367 g/mol. The lowest BCUT2D eigenvalue weighted by atomic mass is 9.92. The van der Waals surface area contributed by atoms with Crippen LogP contribution in [0.3, 0.4) is 0 Å². The maximum atomic E-state index is 12.4. The van der Waals surface area contributed by atoms with Crippen molar-refractivity contribution in [3.8, 4) is 5.75 Å². The molecule has 140 valence electrons. The van der Waals surface area contributed by atoms with Crippen LogP contribution in [0.1, 0.15) is 44.9 Å². The molecule has 0 amide bonds. The number of ether oxygens (including phenoxy) is 1. The zero-order valence-corrected chi connectivity index (χ0v) is 15.8. The number of para-hydroxylation sites is 1. The van der Waals surface area contributed by atoms with Crippen molar-refractivity contribution in [2.45, 2.75) is 50.5 Å². The fourth-order valence-electron chi connectivity index (χ4n) is 4.11. The molecule has 25 heavy (non-hydrogen) atoms. The molecule has 0 aromatic heterocycles. The van der Waals surface area contributed by atoms with Crippen molar-refractivity contribution in [3.63, 3.8) is 0 Å². The molecule has 5 nitrogen and oxygen atoms in total. The van der Waals surface area contributed by atoms with E-state index in [0.29, 0.717) is 12.3 Å². The summed E-state index contributed by atoms with van der Waals surface area (Å²) in [5.74, 6) is 0.705. The Labute approximate surface area is 151 Å². The molecule has 3 rings (SSSR count). The van der Waals surface area contributed by atoms with Crippen LogP contribution >= 0.6 is 0 Å². The topological polar surface area (TPSA) is 58.6 Å². The minimum atomic E-state index is -3.32. The lowest BCUT2D eigenvalue weighted by Gasteiger charge is -2.43. The van der Waals surface area contributed by atoms with E-state index in [0.717, 1.165) is 25.9 Å². The molecule has 0 bridgehead atoms. The highest BCUT2D eigenvalue weighted by Crippen LogP contribution is 2.36. The molecular weight excluding hydrogens is 336 g/mol. The number of nitrogens with zero attached hydrogens (tertiary/aromatic N) is 1. The van der Waals surface area contributed by atoms with Crippen LogP contribution in [0, 0.1) is 0 Å². The van der Waals surface area contributed by atoms with Gasteiger partial charge in [-0.15, -0.1) is 0 Å². The molecule has 0 radical (unpaired) electrons. The first-order valence-electron chi connectivity index (χ1n) is 9.50. The summed E-state index contributed by atoms with van der Waals surface area (Å²) in [5, 5.41) is 0. The highest BCUT2D eigenvalue weighted by Gasteiger charge is 2.40. The fourth-order valence-corrected chi connectivity index (χ4v) is 5.04. The van der Waals surface area contributed by atoms with Gasteiger partial charge >= 0.3 is 0 Å². The average Bonchev–Trinajstić information content (AvgIpc) is 3.12. The van der Waals surface area contributed by atoms with E-state index in [1.807, 2.05) is 30.3 Å². The van der Waals surface area contributed by atoms with Gasteiger partial charge < -0.3 is 4.74 Å². The van der Waals surface area contributed by atoms with Crippen LogP contribution in [0.15, 0.2) is 30.3 Å². The number of sulfonamides is 1. The third-order valence-corrected chi connectivity index (χ3v) is 6.83. The maximum Gasteiger partial charge on any atom is 0.215 e. The van der Waals surface area contributed by atoms with Crippen molar-refractivity contribution in [2.24, 2.45) is 0 Å². The van der Waals surface area contributed by atoms with Gasteiger partial charge in [-0.3, -0.25) is 4.90 Å². The van der Waals surface area contributed by atoms with Gasteiger partial charge in [-0.25, -0.2) is 13.1 Å². The van der Waals surface area contributed by atoms with Gasteiger partial charge in [0.05, 0.1) is 5.75 Å². The van der Waals surface area contributed by atoms with E-state index in [1.165, 1.54) is 32.1 Å². The minimum Gasteiger partial charge on any atom is -0.492 e. The Kier molecular flexibility index (Phi) is 6.36. The van der Waals surface area contributed by atoms with E-state index in [-0.39, 0.29) is 17.9 Å². The van der Waals surface area contributed by atoms with E-state index in [9.17, 15) is 8.42 Å². The van der Waals surface area contributed by atoms with Gasteiger partial charge in [0.25, 0.3) is 0 Å². The number of hydrogen-bond acceptors (Lipinski definition) is 4. The summed E-state index contributed by atoms with van der Waals surface area (Å²) in [6, 6.07) is 9.34. The van der Waals surface area contributed by atoms with Gasteiger partial charge in [0.15, 0.2) is 0 Å². The molecule has 6 heteroatoms. The third-order valence-electron chi connectivity index (χ3n) is 5.55. The molecule has 1 saturated heterocycles. The first kappa shape index (κ1) is 18.7. The first-order valence-corrected chi connectivity index (χ1v) is 11.2. The van der Waals surface area contributed by atoms with Crippen molar-refractivity contribution in [1.82, 2.24) is 9.62 Å². The Balaban J connectivity index is 1.51. The summed E-state index contributed by atoms with van der Waals surface area (Å²) < 4.78 is 33.2. The maximum absolute atomic E-state index is 12.4. The van der Waals surface area contributed by atoms with Crippen LogP contribution in [0.4, 0.5) is 0 Å². The standard InChI is InChI=1S/C19H30N2O3S/c22-25(23,16-15-24-18-9-3-1-4-10-18)20-17-19(11-5-6-12-19)21-13-7-2-8-14-21/h1,3-4,9-10,20H,2,5-8,11-17H2. The number of rotatable bonds is 8. The summed E-state index contributed by atoms with van der Waals surface area (Å²) in [6.07, 6.45) is 8.39. The van der Waals surface area contributed by atoms with Crippen LogP contribution in [-0.4, -0.2) is 50.9 Å². The lowest BCUT2D eigenvalue weighted by molar-refractivity contribution is 0.0743. The van der Waals surface area contributed by atoms with Crippen LogP contribution in [0.5, 0.6) is 5.75 Å². The van der Waals surface area contributed by atoms with Crippen LogP contribution in [-0.2, 0) is 10.0 Å². The number of benzene rings is 1. The molecule has 2 fully saturated rings. The number of nitrogens with one attached hydrogen (secondary N) is 1. The molecule has 0 atom stereocenters. The van der Waals surface area contributed by atoms with E-state index in [2.05, 4.69) is 9.62 Å². The normalized spacial score (nSPS) is 21.3. The molecule has 1 heterocycles. The molecular formula is C19H30N2O3S. The van der Waals surface area contributed by atoms with E-state index >= 15 is 0 Å². The quantitative estimate of drug-likeness (QED) is 0.769. The Morgan fingerprint density at radius 3 is 2.36 bits per heavy atom. The monoisotopic (exact) mass is 366 g/mol. The zero-order chi connectivity index (χ0) is 17.6. The molecule has 1 N–H and O–H groups in total. The Morgan fingerprint density at radius 2 is 1.68 bits per heavy atom. The van der Waals surface area contributed by atoms with Gasteiger partial charge in [0.1, 0.15) is 12.4 Å². The summed E-state index contributed by atoms with van der Waals surface area (Å²) in [6.45, 7) is 2.94. The molecule has 1 aliphatic carbocycles. The van der Waals surface area contributed by atoms with Gasteiger partial charge in [-0.1, -0.05) is 37.5 Å². The van der Waals surface area contributed by atoms with Gasteiger partial charge in [-0.2, -0.15) is 0 Å². The third kappa shape index (κ3) is 5.19. The van der Waals surface area contributed by atoms with Crippen molar-refractivity contribution in [3.05, 3.63) is 30.3 Å². The largest absolute Gasteiger partial charge is 0.492 e. The number of hydrogen-bond donors (Lipinski definition) is 1. The van der Waals surface area contributed by atoms with Crippen molar-refractivity contribution >= 4 is 10.0 Å². The van der Waals surface area contributed by atoms with E-state index in [1.54, 1.807) is 0 Å². The van der Waals surface area contributed by atoms with Crippen molar-refractivity contribution in [1.29, 1.82) is 0 Å². The second-order valence-electron chi connectivity index (χ2n) is 7.28. The molecule has 0 unspecified atom stereocenters. The smallest absolute Gasteiger partial charge is 0.215 e. The summed E-state index contributed by atoms with van der Waals surface area (Å²) in [4.78, 5) is 2.55. The molecule has 1 aromatic rings. The van der Waals surface area contributed by atoms with Gasteiger partial charge in [0, 0.05) is 12.1 Å². The van der Waals surface area contributed by atoms with E-state index in [4.69, 9.17) is 4.74 Å². The van der Waals surface area contributed by atoms with Gasteiger partial charge in [0.2, 0.25) is 10.0 Å². The first-order chi connectivity index (χ1) is 12.1. The van der Waals surface area contributed by atoms with Crippen molar-refractivity contribution < 1.29 is 13.2 Å². The highest BCUT2D eigenvalue weighted by molar-refractivity contribution is 7.89. The predicted octanol–water partition coefficient (Wildman–Crippen LogP) is 2.78. The second-order valence-corrected chi connectivity index (χ2v) is 9.21. The highest BCUT2D eigenvalue weighted by atomic mass is 32.2. The summed E-state index contributed by atoms with van der Waals surface area (Å²) in [7, 11) is -3.32. The minimum absolute atomic E-state index is 0.00201. The summed E-state index contributed by atoms with van der Waals surface area (Å²) >= 11 is 0. The molecule has 2 aliphatic rings. The Bertz CT molecular complexity index is 621. The molecule has 1 aliphatic heterocycles. The SMILES string of the molecule is O=S(=O)(CCOc1ccccc1)NCC1(N2CCCCC2)CCCC1. The predicted molar refractivity (Wildman–Crippen MR) is 100 cm³/mol. The number of piperidine rings is 1. The number of likely N-dealkylation sites (tertiary alicyclic amines) is 1. The van der Waals surface area contributed by atoms with E-state index < -0.39 is 10.0 Å². The Hall–Kier alpha value is -1.11. The second kappa shape index (κ2) is 8.52. The van der Waals surface area contributed by atoms with Crippen LogP contribution in [0.2, 0.25) is 0 Å². The van der Waals surface area contributed by atoms with Crippen LogP contribution in [0.25, 0.3) is 0 Å². The molecule has 0 spiro atoms. The van der Waals surface area contributed by atoms with Crippen LogP contribution < -0.4 is 9.46 Å². The molecule has 1 aromatic carbocycles.